The number of phosphoric ester groups is 1. The van der Waals surface area contributed by atoms with E-state index in [-0.39, 0.29) is 44.7 Å². The lowest BCUT2D eigenvalue weighted by Gasteiger charge is -2.29. The highest BCUT2D eigenvalue weighted by Crippen LogP contribution is 2.38. The second-order valence-corrected chi connectivity index (χ2v) is 14.4. The standard InChI is InChI=1S/C31H59N12O13P/c1-15(14-44)38-29(51)23(17(3)45)42-28(50)21(10-11-22(34)46)40-26(48)19(8-5-6-12-32)41-30(52)24(18(4)56-57(53,54)55)43-27(49)20(39-25(47)16(2)33)9-7-13-37-31(35)36/h14-21,23-24,45H,5-13,32-33H2,1-4H3,(H2,34,46)(H,38,51)(H,39,47)(H,40,48)(H,41,52)(H,42,50)(H,43,49)(H4,35,36,37)(H2,53,54,55)/t15-,16-,17+,18+,19-,20-,21-,23-,24-/m0/s1. The zero-order valence-corrected chi connectivity index (χ0v) is 33.2. The minimum Gasteiger partial charge on any atom is -0.391 e. The van der Waals surface area contributed by atoms with Crippen LogP contribution in [0.1, 0.15) is 72.6 Å². The first kappa shape index (κ1) is 52.2. The van der Waals surface area contributed by atoms with E-state index < -0.39 is 117 Å². The van der Waals surface area contributed by atoms with Crippen LogP contribution >= 0.6 is 7.82 Å². The molecule has 25 nitrogen and oxygen atoms in total. The number of aliphatic hydroxyl groups excluding tert-OH is 1. The molecule has 0 saturated carbocycles. The summed E-state index contributed by atoms with van der Waals surface area (Å²) in [5.74, 6) is -7.15. The molecule has 0 aromatic carbocycles. The van der Waals surface area contributed by atoms with Crippen molar-refractivity contribution >= 4 is 61.4 Å². The topological polar surface area (TPSA) is 438 Å². The largest absolute Gasteiger partial charge is 0.469 e. The Kier molecular flexibility index (Phi) is 24.0. The predicted octanol–water partition coefficient (Wildman–Crippen LogP) is -6.21. The minimum absolute atomic E-state index is 0.0338. The van der Waals surface area contributed by atoms with Gasteiger partial charge in [-0.25, -0.2) is 4.57 Å². The molecule has 9 atom stereocenters. The molecule has 0 aromatic rings. The number of carbonyl (C=O) groups is 8. The molecule has 0 aliphatic rings. The Morgan fingerprint density at radius 3 is 1.65 bits per heavy atom. The van der Waals surface area contributed by atoms with Crippen molar-refractivity contribution in [2.45, 2.75) is 127 Å². The number of unbranched alkanes of at least 4 members (excludes halogenated alkanes) is 1. The summed E-state index contributed by atoms with van der Waals surface area (Å²) < 4.78 is 16.5. The number of primary amides is 1. The molecular formula is C31H59N12O13P. The van der Waals surface area contributed by atoms with Crippen LogP contribution in [0.15, 0.2) is 4.99 Å². The Morgan fingerprint density at radius 2 is 1.18 bits per heavy atom. The van der Waals surface area contributed by atoms with E-state index in [1.807, 2.05) is 0 Å². The number of aldehydes is 1. The molecular weight excluding hydrogens is 779 g/mol. The van der Waals surface area contributed by atoms with Gasteiger partial charge in [0.15, 0.2) is 5.96 Å². The van der Waals surface area contributed by atoms with E-state index in [2.05, 4.69) is 36.9 Å². The number of nitrogens with zero attached hydrogens (tertiary/aromatic N) is 1. The molecule has 0 heterocycles. The first-order valence-electron chi connectivity index (χ1n) is 17.9. The summed E-state index contributed by atoms with van der Waals surface area (Å²) in [6.07, 6.45) is -3.30. The molecule has 0 spiro atoms. The number of hydrogen-bond acceptors (Lipinski definition) is 14. The first-order valence-corrected chi connectivity index (χ1v) is 19.5. The number of aliphatic imine (C=N–C) groups is 1. The Balaban J connectivity index is 6.66. The maximum Gasteiger partial charge on any atom is 0.469 e. The lowest BCUT2D eigenvalue weighted by molar-refractivity contribution is -0.137. The van der Waals surface area contributed by atoms with E-state index in [1.54, 1.807) is 0 Å². The van der Waals surface area contributed by atoms with E-state index in [0.717, 1.165) is 6.92 Å². The summed E-state index contributed by atoms with van der Waals surface area (Å²) in [6.45, 7) is 5.09. The molecule has 326 valence electrons. The maximum absolute atomic E-state index is 13.8. The zero-order valence-electron chi connectivity index (χ0n) is 32.3. The molecule has 0 fully saturated rings. The van der Waals surface area contributed by atoms with Gasteiger partial charge in [-0.1, -0.05) is 0 Å². The SMILES string of the molecule is C[C@H](N)C(=O)N[C@@H](CCCN=C(N)N)C(=O)N[C@H](C(=O)N[C@@H](CCCCN)C(=O)N[C@@H](CCC(N)=O)C(=O)N[C@H](C(=O)N[C@@H](C)C=O)[C@@H](C)O)[C@@H](C)OP(=O)(O)O. The summed E-state index contributed by atoms with van der Waals surface area (Å²) in [5, 5.41) is 24.2. The molecule has 0 bridgehead atoms. The smallest absolute Gasteiger partial charge is 0.391 e. The summed E-state index contributed by atoms with van der Waals surface area (Å²) >= 11 is 0. The summed E-state index contributed by atoms with van der Waals surface area (Å²) in [4.78, 5) is 125. The van der Waals surface area contributed by atoms with Gasteiger partial charge in [0.25, 0.3) is 0 Å². The van der Waals surface area contributed by atoms with Crippen molar-refractivity contribution in [1.29, 1.82) is 0 Å². The summed E-state index contributed by atoms with van der Waals surface area (Å²) in [5.41, 5.74) is 27.2. The quantitative estimate of drug-likeness (QED) is 0.0115. The molecule has 19 N–H and O–H groups in total. The molecule has 0 radical (unpaired) electrons. The number of aliphatic hydroxyl groups is 1. The Labute approximate surface area is 329 Å². The molecule has 7 amide bonds. The first-order chi connectivity index (χ1) is 26.4. The van der Waals surface area contributed by atoms with E-state index in [0.29, 0.717) is 12.7 Å². The highest BCUT2D eigenvalue weighted by atomic mass is 31.2. The van der Waals surface area contributed by atoms with Gasteiger partial charge in [0, 0.05) is 13.0 Å². The van der Waals surface area contributed by atoms with Crippen LogP contribution in [0.25, 0.3) is 0 Å². The number of guanidine groups is 1. The average Bonchev–Trinajstić information content (AvgIpc) is 3.10. The average molecular weight is 839 g/mol. The molecule has 57 heavy (non-hydrogen) atoms. The predicted molar refractivity (Wildman–Crippen MR) is 202 cm³/mol. The van der Waals surface area contributed by atoms with E-state index >= 15 is 0 Å². The highest BCUT2D eigenvalue weighted by Gasteiger charge is 2.37. The van der Waals surface area contributed by atoms with Crippen LogP contribution in [0.5, 0.6) is 0 Å². The fourth-order valence-electron chi connectivity index (χ4n) is 4.86. The van der Waals surface area contributed by atoms with Gasteiger partial charge in [-0.15, -0.1) is 0 Å². The molecule has 0 saturated heterocycles. The van der Waals surface area contributed by atoms with Crippen molar-refractivity contribution in [2.24, 2.45) is 33.7 Å². The van der Waals surface area contributed by atoms with Gasteiger partial charge < -0.3 is 80.3 Å². The van der Waals surface area contributed by atoms with E-state index in [1.165, 1.54) is 20.8 Å². The van der Waals surface area contributed by atoms with Crippen LogP contribution in [-0.2, 0) is 47.4 Å². The van der Waals surface area contributed by atoms with Crippen molar-refractivity contribution in [1.82, 2.24) is 31.9 Å². The number of carbonyl (C=O) groups excluding carboxylic acids is 8. The van der Waals surface area contributed by atoms with Crippen molar-refractivity contribution in [3.8, 4) is 0 Å². The normalized spacial score (nSPS) is 16.0. The second-order valence-electron chi connectivity index (χ2n) is 13.2. The van der Waals surface area contributed by atoms with Crippen LogP contribution in [0.3, 0.4) is 0 Å². The van der Waals surface area contributed by atoms with E-state index in [9.17, 15) is 57.8 Å². The van der Waals surface area contributed by atoms with Crippen molar-refractivity contribution < 1.29 is 62.3 Å². The van der Waals surface area contributed by atoms with Crippen LogP contribution in [-0.4, -0.2) is 136 Å². The minimum atomic E-state index is -5.30. The van der Waals surface area contributed by atoms with Crippen LogP contribution in [0, 0.1) is 0 Å². The molecule has 0 aliphatic carbocycles. The third-order valence-electron chi connectivity index (χ3n) is 7.87. The Morgan fingerprint density at radius 1 is 0.702 bits per heavy atom. The van der Waals surface area contributed by atoms with E-state index in [4.69, 9.17) is 33.2 Å². The van der Waals surface area contributed by atoms with Crippen molar-refractivity contribution in [3.05, 3.63) is 0 Å². The Hall–Kier alpha value is -4.78. The highest BCUT2D eigenvalue weighted by molar-refractivity contribution is 7.46. The van der Waals surface area contributed by atoms with Crippen LogP contribution in [0.2, 0.25) is 0 Å². The van der Waals surface area contributed by atoms with Gasteiger partial charge in [0.1, 0.15) is 36.5 Å². The molecule has 0 rings (SSSR count). The number of amides is 7. The molecule has 26 heteroatoms. The van der Waals surface area contributed by atoms with Gasteiger partial charge in [0.05, 0.1) is 24.3 Å². The van der Waals surface area contributed by atoms with Crippen LogP contribution in [0.4, 0.5) is 0 Å². The second kappa shape index (κ2) is 26.2. The third kappa shape index (κ3) is 21.9. The molecule has 0 aromatic heterocycles. The monoisotopic (exact) mass is 838 g/mol. The summed E-state index contributed by atoms with van der Waals surface area (Å²) in [7, 11) is -5.30. The van der Waals surface area contributed by atoms with Gasteiger partial charge in [0.2, 0.25) is 41.4 Å². The number of nitrogens with two attached hydrogens (primary N) is 5. The molecule has 0 unspecified atom stereocenters. The van der Waals surface area contributed by atoms with Gasteiger partial charge >= 0.3 is 7.82 Å². The zero-order chi connectivity index (χ0) is 44.0. The number of hydrogen-bond donors (Lipinski definition) is 14. The Bertz CT molecular complexity index is 1460. The fraction of sp³-hybridized carbons (Fsp3) is 0.710. The molecule has 0 aliphatic heterocycles. The van der Waals surface area contributed by atoms with Gasteiger partial charge in [-0.05, 0) is 72.8 Å². The van der Waals surface area contributed by atoms with Gasteiger partial charge in [-0.3, -0.25) is 43.1 Å². The third-order valence-corrected chi connectivity index (χ3v) is 8.48. The lowest BCUT2D eigenvalue weighted by atomic mass is 10.0. The summed E-state index contributed by atoms with van der Waals surface area (Å²) in [6, 6.07) is -10.1. The van der Waals surface area contributed by atoms with Gasteiger partial charge in [-0.2, -0.15) is 0 Å². The lowest BCUT2D eigenvalue weighted by Crippen LogP contribution is -2.62. The fourth-order valence-corrected chi connectivity index (χ4v) is 5.42. The number of phosphoric acid groups is 1. The number of rotatable bonds is 28. The number of nitrogens with one attached hydrogen (secondary N) is 6. The van der Waals surface area contributed by atoms with Crippen molar-refractivity contribution in [2.75, 3.05) is 13.1 Å². The maximum atomic E-state index is 13.8. The van der Waals surface area contributed by atoms with Crippen LogP contribution < -0.4 is 60.6 Å². The van der Waals surface area contributed by atoms with Crippen molar-refractivity contribution in [3.63, 3.8) is 0 Å².